The predicted octanol–water partition coefficient (Wildman–Crippen LogP) is 7.06. The molecule has 2 aliphatic heterocycles. The van der Waals surface area contributed by atoms with E-state index in [2.05, 4.69) is 0 Å². The van der Waals surface area contributed by atoms with E-state index in [1.54, 1.807) is 21.9 Å². The summed E-state index contributed by atoms with van der Waals surface area (Å²) >= 11 is 0. The summed E-state index contributed by atoms with van der Waals surface area (Å²) < 4.78 is 100. The Morgan fingerprint density at radius 1 is 0.714 bits per heavy atom. The highest BCUT2D eigenvalue weighted by atomic mass is 35.5. The number of rotatable bonds is 10. The number of hydrogen-bond acceptors (Lipinski definition) is 5. The monoisotopic (exact) mass is 624 g/mol. The van der Waals surface area contributed by atoms with Crippen LogP contribution in [0, 0.1) is 0 Å². The Morgan fingerprint density at radius 2 is 1.12 bits per heavy atom. The van der Waals surface area contributed by atoms with Gasteiger partial charge in [0.05, 0.1) is 14.2 Å². The minimum absolute atomic E-state index is 0. The first-order chi connectivity index (χ1) is 19.5. The molecular weight excluding hydrogens is 586 g/mol. The highest BCUT2D eigenvalue weighted by Gasteiger charge is 2.50. The number of benzene rings is 2. The molecule has 2 aromatic rings. The molecule has 2 aliphatic rings. The molecular formula is C30H39ClF6N2O3. The lowest BCUT2D eigenvalue weighted by molar-refractivity contribution is -0.290. The van der Waals surface area contributed by atoms with E-state index in [-0.39, 0.29) is 24.2 Å². The lowest BCUT2D eigenvalue weighted by Gasteiger charge is -2.39. The topological polar surface area (TPSA) is 34.2 Å². The zero-order valence-corrected chi connectivity index (χ0v) is 24.6. The van der Waals surface area contributed by atoms with Crippen molar-refractivity contribution in [3.8, 4) is 11.5 Å². The molecule has 2 fully saturated rings. The molecule has 0 saturated carbocycles. The highest BCUT2D eigenvalue weighted by Crippen LogP contribution is 2.35. The van der Waals surface area contributed by atoms with E-state index >= 15 is 0 Å². The van der Waals surface area contributed by atoms with Crippen molar-refractivity contribution in [1.29, 1.82) is 0 Å². The van der Waals surface area contributed by atoms with E-state index in [1.165, 1.54) is 14.2 Å². The molecule has 236 valence electrons. The van der Waals surface area contributed by atoms with Crippen LogP contribution in [0.3, 0.4) is 0 Å². The summed E-state index contributed by atoms with van der Waals surface area (Å²) in [5.41, 5.74) is 1.87. The minimum atomic E-state index is -4.95. The van der Waals surface area contributed by atoms with Crippen molar-refractivity contribution in [2.45, 2.75) is 62.1 Å². The Labute approximate surface area is 249 Å². The van der Waals surface area contributed by atoms with E-state index in [4.69, 9.17) is 14.2 Å². The number of halogens is 7. The zero-order chi connectivity index (χ0) is 29.6. The van der Waals surface area contributed by atoms with E-state index in [0.717, 1.165) is 24.0 Å². The highest BCUT2D eigenvalue weighted by molar-refractivity contribution is 5.85. The first-order valence-corrected chi connectivity index (χ1v) is 14.0. The van der Waals surface area contributed by atoms with Crippen LogP contribution in [-0.2, 0) is 4.74 Å². The number of piperidine rings is 2. The molecule has 4 rings (SSSR count). The average Bonchev–Trinajstić information content (AvgIpc) is 2.95. The third-order valence-corrected chi connectivity index (χ3v) is 8.05. The quantitative estimate of drug-likeness (QED) is 0.264. The number of methoxy groups -OCH3 is 2. The fourth-order valence-electron chi connectivity index (χ4n) is 5.89. The van der Waals surface area contributed by atoms with Crippen molar-refractivity contribution < 1.29 is 40.6 Å². The molecule has 2 aromatic carbocycles. The van der Waals surface area contributed by atoms with Crippen molar-refractivity contribution in [3.05, 3.63) is 59.7 Å². The second-order valence-corrected chi connectivity index (χ2v) is 10.9. The third-order valence-electron chi connectivity index (χ3n) is 8.05. The van der Waals surface area contributed by atoms with Gasteiger partial charge in [0.25, 0.3) is 0 Å². The molecule has 0 aromatic heterocycles. The van der Waals surface area contributed by atoms with Crippen LogP contribution in [0.25, 0.3) is 0 Å². The molecule has 0 unspecified atom stereocenters. The molecule has 0 aliphatic carbocycles. The summed E-state index contributed by atoms with van der Waals surface area (Å²) in [4.78, 5) is 3.14. The van der Waals surface area contributed by atoms with Gasteiger partial charge in [0.15, 0.2) is 12.2 Å². The van der Waals surface area contributed by atoms with Gasteiger partial charge in [-0.25, -0.2) is 0 Å². The van der Waals surface area contributed by atoms with Gasteiger partial charge in [-0.3, -0.25) is 9.80 Å². The minimum Gasteiger partial charge on any atom is -0.497 e. The van der Waals surface area contributed by atoms with Crippen molar-refractivity contribution in [1.82, 2.24) is 9.80 Å². The zero-order valence-electron chi connectivity index (χ0n) is 23.8. The number of hydrogen-bond donors (Lipinski definition) is 0. The van der Waals surface area contributed by atoms with Crippen LogP contribution in [0.4, 0.5) is 26.3 Å². The Balaban J connectivity index is 0.00000484. The summed E-state index contributed by atoms with van der Waals surface area (Å²) in [6, 6.07) is 14.7. The van der Waals surface area contributed by atoms with Gasteiger partial charge in [-0.05, 0) is 86.0 Å². The molecule has 0 N–H and O–H groups in total. The SMILES string of the molecule is COc1cccc([C@@H]2CCCN(C[C@H](O[C@@H](CN3CCC[C@@H](c4cccc(OC)c4)C3)C(F)(F)F)C(F)(F)F)C2)c1.Cl. The van der Waals surface area contributed by atoms with Gasteiger partial charge in [-0.1, -0.05) is 24.3 Å². The van der Waals surface area contributed by atoms with Gasteiger partial charge in [0.2, 0.25) is 0 Å². The smallest absolute Gasteiger partial charge is 0.415 e. The van der Waals surface area contributed by atoms with Gasteiger partial charge < -0.3 is 14.2 Å². The third kappa shape index (κ3) is 9.39. The maximum Gasteiger partial charge on any atom is 0.415 e. The molecule has 0 bridgehead atoms. The molecule has 0 amide bonds. The standard InChI is InChI=1S/C30H38F6N2O3.ClH/c1-39-25-11-3-7-21(15-25)23-9-5-13-37(17-23)19-27(29(31,32)33)41-28(30(34,35)36)20-38-14-6-10-24(18-38)22-8-4-12-26(16-22)40-2;/h3-4,7-8,11-12,15-16,23-24,27-28H,5-6,9-10,13-14,17-20H2,1-2H3;1H/t23-,24-,27+,28+;/m1./s1. The first kappa shape index (κ1) is 34.3. The van der Waals surface area contributed by atoms with Gasteiger partial charge in [0.1, 0.15) is 11.5 Å². The molecule has 42 heavy (non-hydrogen) atoms. The van der Waals surface area contributed by atoms with Gasteiger partial charge in [-0.2, -0.15) is 26.3 Å². The Morgan fingerprint density at radius 3 is 1.48 bits per heavy atom. The molecule has 2 saturated heterocycles. The fourth-order valence-corrected chi connectivity index (χ4v) is 5.89. The number of alkyl halides is 6. The lowest BCUT2D eigenvalue weighted by Crippen LogP contribution is -2.52. The number of ether oxygens (including phenoxy) is 3. The van der Waals surface area contributed by atoms with Gasteiger partial charge in [0, 0.05) is 26.2 Å². The summed E-state index contributed by atoms with van der Waals surface area (Å²) in [7, 11) is 3.08. The molecule has 2 heterocycles. The Hall–Kier alpha value is -2.21. The largest absolute Gasteiger partial charge is 0.497 e. The van der Waals surface area contributed by atoms with Crippen LogP contribution in [0.2, 0.25) is 0 Å². The molecule has 12 heteroatoms. The fraction of sp³-hybridized carbons (Fsp3) is 0.600. The van der Waals surface area contributed by atoms with Crippen LogP contribution in [0.1, 0.15) is 48.6 Å². The molecule has 5 nitrogen and oxygen atoms in total. The maximum absolute atomic E-state index is 14.1. The number of nitrogens with zero attached hydrogens (tertiary/aromatic N) is 2. The average molecular weight is 625 g/mol. The van der Waals surface area contributed by atoms with Crippen LogP contribution in [0.5, 0.6) is 11.5 Å². The summed E-state index contributed by atoms with van der Waals surface area (Å²) in [6.07, 6.45) is -12.2. The summed E-state index contributed by atoms with van der Waals surface area (Å²) in [6.45, 7) is 0.0249. The van der Waals surface area contributed by atoms with Crippen molar-refractivity contribution in [2.24, 2.45) is 0 Å². The lowest BCUT2D eigenvalue weighted by atomic mass is 9.90. The van der Waals surface area contributed by atoms with E-state index in [9.17, 15) is 26.3 Å². The van der Waals surface area contributed by atoms with Crippen molar-refractivity contribution in [2.75, 3.05) is 53.5 Å². The van der Waals surface area contributed by atoms with Crippen LogP contribution in [-0.4, -0.2) is 87.8 Å². The molecule has 0 radical (unpaired) electrons. The molecule has 0 spiro atoms. The molecule has 4 atom stereocenters. The predicted molar refractivity (Wildman–Crippen MR) is 151 cm³/mol. The van der Waals surface area contributed by atoms with Crippen molar-refractivity contribution in [3.63, 3.8) is 0 Å². The van der Waals surface area contributed by atoms with Gasteiger partial charge in [-0.15, -0.1) is 12.4 Å². The van der Waals surface area contributed by atoms with E-state index in [0.29, 0.717) is 50.5 Å². The van der Waals surface area contributed by atoms with Crippen molar-refractivity contribution >= 4 is 12.4 Å². The summed E-state index contributed by atoms with van der Waals surface area (Å²) in [5, 5.41) is 0. The summed E-state index contributed by atoms with van der Waals surface area (Å²) in [5.74, 6) is 1.20. The van der Waals surface area contributed by atoms with E-state index < -0.39 is 37.7 Å². The van der Waals surface area contributed by atoms with Crippen LogP contribution in [0.15, 0.2) is 48.5 Å². The maximum atomic E-state index is 14.1. The first-order valence-electron chi connectivity index (χ1n) is 14.0. The van der Waals surface area contributed by atoms with Crippen LogP contribution >= 0.6 is 12.4 Å². The second kappa shape index (κ2) is 15.0. The van der Waals surface area contributed by atoms with Crippen LogP contribution < -0.4 is 9.47 Å². The Bertz CT molecular complexity index is 1030. The van der Waals surface area contributed by atoms with Gasteiger partial charge >= 0.3 is 12.4 Å². The normalized spacial score (nSPS) is 22.2. The van der Waals surface area contributed by atoms with E-state index in [1.807, 2.05) is 36.4 Å². The number of likely N-dealkylation sites (tertiary alicyclic amines) is 2. The Kier molecular flexibility index (Phi) is 12.2. The second-order valence-electron chi connectivity index (χ2n) is 10.9.